The highest BCUT2D eigenvalue weighted by molar-refractivity contribution is 6.03. The normalized spacial score (nSPS) is 27.1. The van der Waals surface area contributed by atoms with Crippen molar-refractivity contribution in [2.45, 2.75) is 247 Å². The van der Waals surface area contributed by atoms with Crippen molar-refractivity contribution in [3.8, 4) is 0 Å². The number of hydrogen-bond donors (Lipinski definition) is 6. The smallest absolute Gasteiger partial charge is 0.417 e. The van der Waals surface area contributed by atoms with Crippen LogP contribution in [0, 0.1) is 52.3 Å². The number of para-hydroxylation sites is 1. The number of imide groups is 1. The molecule has 16 heteroatoms. The number of H-pyrrole nitrogens is 1. The largest absolute Gasteiger partial charge is 0.458 e. The third-order valence-electron chi connectivity index (χ3n) is 18.7. The highest BCUT2D eigenvalue weighted by Crippen LogP contribution is 2.68. The Morgan fingerprint density at radius 1 is 0.765 bits per heavy atom. The highest BCUT2D eigenvalue weighted by atomic mass is 16.6. The summed E-state index contributed by atoms with van der Waals surface area (Å²) < 4.78 is 17.6. The average molecular weight is 1130 g/mol. The molecule has 3 fully saturated rings. The molecule has 2 unspecified atom stereocenters. The molecule has 6 rings (SSSR count). The number of allylic oxidation sites excluding steroid dienone is 1. The maximum absolute atomic E-state index is 16.1. The van der Waals surface area contributed by atoms with Gasteiger partial charge in [0, 0.05) is 29.9 Å². The lowest BCUT2D eigenvalue weighted by Gasteiger charge is -2.60. The monoisotopic (exact) mass is 1130 g/mol. The summed E-state index contributed by atoms with van der Waals surface area (Å²) in [6.45, 7) is 27.6. The van der Waals surface area contributed by atoms with Crippen molar-refractivity contribution < 1.29 is 48.1 Å². The minimum atomic E-state index is -2.29. The number of nitrogens with one attached hydrogen (secondary N) is 3. The first-order chi connectivity index (χ1) is 37.8. The number of hydrogen-bond acceptors (Lipinski definition) is 12. The second kappa shape index (κ2) is 26.4. The van der Waals surface area contributed by atoms with Gasteiger partial charge in [-0.15, -0.1) is 0 Å². The van der Waals surface area contributed by atoms with Crippen molar-refractivity contribution in [3.05, 3.63) is 47.7 Å². The number of esters is 1. The van der Waals surface area contributed by atoms with E-state index in [0.717, 1.165) is 47.1 Å². The number of benzene rings is 1. The number of amides is 4. The number of fused-ring (bicyclic) bond motifs is 6. The predicted molar refractivity (Wildman–Crippen MR) is 317 cm³/mol. The molecule has 81 heavy (non-hydrogen) atoms. The van der Waals surface area contributed by atoms with Crippen LogP contribution in [0.5, 0.6) is 0 Å². The SMILES string of the molecule is CC(C)CCC[C@@H](C)[C@H]1CC[C@H]2[C@@H]3CC=C4CC(O)(C(=O)OC(C)(C)C)C(C(=O)[C@H](CCCCN)NC(=O)[C@H](Cc5c[nH]c6ccccc56)N(C(=O)OC(C)(C)C)C(=O)[C@H](CCCCN)NC(=O)OC(C)(C)C)C[C@]4(C)[C@H]3CC[C@]12C. The van der Waals surface area contributed by atoms with Crippen LogP contribution in [0.15, 0.2) is 42.1 Å². The zero-order valence-electron chi connectivity index (χ0n) is 51.9. The molecule has 0 radical (unpaired) electrons. The molecular formula is C65H104N6O10. The standard InChI is InChI=1S/C65H104N6O10/c1-40(2)22-21-23-41(3)46-30-31-47-45-29-28-43-37-65(78,57(75)79-60(4,5)6)49(38-64(43,14)48(45)32-33-63(46,47)13)54(72)51(26-17-19-34-66)69-55(73)53(36-42-39-68-50-25-16-15-24-44(42)50)71(59(77)81-62(10,11)12)56(74)52(27-18-20-35-67)70-58(76)80-61(7,8)9/h15-16,24-25,28,39-41,45-49,51-53,68,78H,17-23,26-27,29-38,66-67H2,1-14H3,(H,69,73)(H,70,76)/t41-,45+,46-,47+,48+,49?,51+,52+,53+,63-,64+,65?/m1/s1. The third kappa shape index (κ3) is 15.7. The summed E-state index contributed by atoms with van der Waals surface area (Å²) in [7, 11) is 0. The number of aliphatic hydroxyl groups is 1. The van der Waals surface area contributed by atoms with Crippen LogP contribution in [-0.4, -0.2) is 104 Å². The summed E-state index contributed by atoms with van der Waals surface area (Å²) in [6.07, 6.45) is 12.6. The van der Waals surface area contributed by atoms with Gasteiger partial charge in [-0.3, -0.25) is 14.4 Å². The maximum atomic E-state index is 16.1. The molecular weight excluding hydrogens is 1020 g/mol. The summed E-state index contributed by atoms with van der Waals surface area (Å²) in [4.78, 5) is 94.5. The average Bonchev–Trinajstić information content (AvgIpc) is 4.10. The van der Waals surface area contributed by atoms with Crippen LogP contribution < -0.4 is 22.1 Å². The summed E-state index contributed by atoms with van der Waals surface area (Å²) >= 11 is 0. The number of nitrogens with two attached hydrogens (primary N) is 2. The number of ketones is 1. The Morgan fingerprint density at radius 2 is 1.40 bits per heavy atom. The van der Waals surface area contributed by atoms with Gasteiger partial charge < -0.3 is 46.4 Å². The molecule has 8 N–H and O–H groups in total. The Kier molecular flexibility index (Phi) is 21.3. The van der Waals surface area contributed by atoms with Gasteiger partial charge in [0.25, 0.3) is 5.91 Å². The van der Waals surface area contributed by atoms with E-state index in [9.17, 15) is 19.5 Å². The number of aromatic nitrogens is 1. The zero-order chi connectivity index (χ0) is 60.0. The van der Waals surface area contributed by atoms with Gasteiger partial charge in [0.1, 0.15) is 28.9 Å². The van der Waals surface area contributed by atoms with Gasteiger partial charge in [0.15, 0.2) is 11.4 Å². The van der Waals surface area contributed by atoms with Crippen LogP contribution >= 0.6 is 0 Å². The molecule has 0 spiro atoms. The Bertz CT molecular complexity index is 2550. The molecule has 0 bridgehead atoms. The zero-order valence-corrected chi connectivity index (χ0v) is 51.9. The quantitative estimate of drug-likeness (QED) is 0.0263. The van der Waals surface area contributed by atoms with Crippen LogP contribution in [-0.2, 0) is 39.8 Å². The Hall–Kier alpha value is -4.80. The van der Waals surface area contributed by atoms with Gasteiger partial charge in [-0.2, -0.15) is 0 Å². The first kappa shape index (κ1) is 65.4. The Labute approximate surface area is 484 Å². The maximum Gasteiger partial charge on any atom is 0.417 e. The molecule has 4 amide bonds. The van der Waals surface area contributed by atoms with Crippen molar-refractivity contribution in [3.63, 3.8) is 0 Å². The van der Waals surface area contributed by atoms with Crippen LogP contribution in [0.25, 0.3) is 10.9 Å². The molecule has 4 aliphatic carbocycles. The van der Waals surface area contributed by atoms with Crippen molar-refractivity contribution in [1.82, 2.24) is 20.5 Å². The molecule has 3 saturated carbocycles. The number of Topliss-reactive ketones (excluding diaryl/α,β-unsaturated/α-hetero) is 1. The van der Waals surface area contributed by atoms with Gasteiger partial charge in [0.05, 0.1) is 12.0 Å². The van der Waals surface area contributed by atoms with E-state index in [1.54, 1.807) is 68.5 Å². The minimum absolute atomic E-state index is 0.0380. The second-order valence-corrected chi connectivity index (χ2v) is 28.6. The van der Waals surface area contributed by atoms with Crippen LogP contribution in [0.2, 0.25) is 0 Å². The van der Waals surface area contributed by atoms with Crippen molar-refractivity contribution in [2.24, 2.45) is 63.7 Å². The first-order valence-electron chi connectivity index (χ1n) is 30.8. The highest BCUT2D eigenvalue weighted by Gasteiger charge is 2.65. The number of ether oxygens (including phenoxy) is 3. The number of nitrogens with zero attached hydrogens (tertiary/aromatic N) is 1. The molecule has 1 aromatic heterocycles. The summed E-state index contributed by atoms with van der Waals surface area (Å²) in [6, 6.07) is 3.07. The third-order valence-corrected chi connectivity index (χ3v) is 18.7. The molecule has 1 aromatic carbocycles. The number of carbonyl (C=O) groups is 6. The molecule has 12 atom stereocenters. The van der Waals surface area contributed by atoms with E-state index in [-0.39, 0.29) is 43.4 Å². The predicted octanol–water partition coefficient (Wildman–Crippen LogP) is 11.4. The van der Waals surface area contributed by atoms with Gasteiger partial charge in [0.2, 0.25) is 5.91 Å². The molecule has 2 aromatic rings. The fourth-order valence-corrected chi connectivity index (χ4v) is 14.8. The summed E-state index contributed by atoms with van der Waals surface area (Å²) in [5.41, 5.74) is 8.51. The lowest BCUT2D eigenvalue weighted by molar-refractivity contribution is -0.192. The van der Waals surface area contributed by atoms with Crippen LogP contribution in [0.4, 0.5) is 9.59 Å². The number of rotatable bonds is 23. The molecule has 0 saturated heterocycles. The fraction of sp³-hybridized carbons (Fsp3) is 0.754. The van der Waals surface area contributed by atoms with E-state index < -0.39 is 87.6 Å². The van der Waals surface area contributed by atoms with Gasteiger partial charge in [-0.1, -0.05) is 83.7 Å². The van der Waals surface area contributed by atoms with E-state index >= 15 is 14.4 Å². The second-order valence-electron chi connectivity index (χ2n) is 28.6. The van der Waals surface area contributed by atoms with E-state index in [1.807, 2.05) is 24.3 Å². The van der Waals surface area contributed by atoms with Gasteiger partial charge >= 0.3 is 18.2 Å². The number of alkyl carbamates (subject to hydrolysis) is 1. The van der Waals surface area contributed by atoms with Crippen molar-refractivity contribution >= 4 is 46.7 Å². The van der Waals surface area contributed by atoms with Crippen molar-refractivity contribution in [1.29, 1.82) is 0 Å². The number of carbonyl (C=O) groups excluding carboxylic acids is 6. The molecule has 1 heterocycles. The number of unbranched alkanes of at least 4 members (excludes halogenated alkanes) is 2. The van der Waals surface area contributed by atoms with Crippen LogP contribution in [0.3, 0.4) is 0 Å². The van der Waals surface area contributed by atoms with Crippen molar-refractivity contribution in [2.75, 3.05) is 13.1 Å². The van der Waals surface area contributed by atoms with Gasteiger partial charge in [-0.05, 0) is 210 Å². The molecule has 16 nitrogen and oxygen atoms in total. The van der Waals surface area contributed by atoms with E-state index in [4.69, 9.17) is 25.7 Å². The lowest BCUT2D eigenvalue weighted by atomic mass is 9.44. The fourth-order valence-electron chi connectivity index (χ4n) is 14.8. The molecule has 0 aliphatic heterocycles. The first-order valence-corrected chi connectivity index (χ1v) is 30.8. The van der Waals surface area contributed by atoms with E-state index in [0.29, 0.717) is 73.9 Å². The summed E-state index contributed by atoms with van der Waals surface area (Å²) in [5.74, 6) is -1.55. The molecule has 4 aliphatic rings. The van der Waals surface area contributed by atoms with Gasteiger partial charge in [-0.25, -0.2) is 19.3 Å². The molecule has 454 valence electrons. The van der Waals surface area contributed by atoms with E-state index in [2.05, 4.69) is 56.3 Å². The summed E-state index contributed by atoms with van der Waals surface area (Å²) in [5, 5.41) is 19.7. The topological polar surface area (TPSA) is 245 Å². The minimum Gasteiger partial charge on any atom is -0.458 e. The number of aromatic amines is 1. The van der Waals surface area contributed by atoms with E-state index in [1.165, 1.54) is 25.7 Å². The van der Waals surface area contributed by atoms with Crippen LogP contribution in [0.1, 0.15) is 205 Å². The Balaban J connectivity index is 1.43. The Morgan fingerprint density at radius 3 is 2.01 bits per heavy atom. The lowest BCUT2D eigenvalue weighted by Crippen LogP contribution is -2.64.